The first-order valence-corrected chi connectivity index (χ1v) is 5.28. The topological polar surface area (TPSA) is 72.0 Å². The molecule has 0 heterocycles. The van der Waals surface area contributed by atoms with Gasteiger partial charge >= 0.3 is 0 Å². The molecular weight excluding hydrogens is 268 g/mol. The Labute approximate surface area is 102 Å². The highest BCUT2D eigenvalue weighted by Crippen LogP contribution is 2.24. The summed E-state index contributed by atoms with van der Waals surface area (Å²) < 4.78 is 0.984. The van der Waals surface area contributed by atoms with Crippen molar-refractivity contribution < 1.29 is 0 Å². The van der Waals surface area contributed by atoms with Gasteiger partial charge in [-0.05, 0) is 37.1 Å². The Morgan fingerprint density at radius 3 is 2.19 bits per heavy atom. The Morgan fingerprint density at radius 2 is 1.75 bits per heavy atom. The molecule has 4 nitrogen and oxygen atoms in total. The van der Waals surface area contributed by atoms with E-state index < -0.39 is 0 Å². The molecule has 1 N–H and O–H groups in total. The third-order valence-corrected chi connectivity index (χ3v) is 2.45. The van der Waals surface area contributed by atoms with Crippen molar-refractivity contribution in [2.45, 2.75) is 13.8 Å². The molecule has 0 radical (unpaired) electrons. The molecule has 0 bridgehead atoms. The van der Waals surface area contributed by atoms with Gasteiger partial charge in [0.25, 0.3) is 0 Å². The molecule has 1 aromatic carbocycles. The summed E-state index contributed by atoms with van der Waals surface area (Å²) in [7, 11) is 0. The fourth-order valence-corrected chi connectivity index (χ4v) is 1.96. The van der Waals surface area contributed by atoms with Crippen molar-refractivity contribution in [3.63, 3.8) is 0 Å². The molecular formula is C11H9BrN4. The summed E-state index contributed by atoms with van der Waals surface area (Å²) in [4.78, 5) is 0. The molecule has 1 aromatic rings. The van der Waals surface area contributed by atoms with Crippen LogP contribution in [-0.2, 0) is 0 Å². The highest BCUT2D eigenvalue weighted by molar-refractivity contribution is 9.10. The van der Waals surface area contributed by atoms with Crippen LogP contribution in [0, 0.1) is 36.5 Å². The lowest BCUT2D eigenvalue weighted by molar-refractivity contribution is 1.26. The van der Waals surface area contributed by atoms with Gasteiger partial charge in [0.15, 0.2) is 0 Å². The van der Waals surface area contributed by atoms with Gasteiger partial charge in [-0.15, -0.1) is 0 Å². The zero-order chi connectivity index (χ0) is 12.1. The molecule has 16 heavy (non-hydrogen) atoms. The fraction of sp³-hybridized carbons (Fsp3) is 0.182. The standard InChI is InChI=1S/C11H9BrN4/c1-7-3-9(12)4-8(2)11(7)16-15-10(5-13)6-14/h3-4,16H,1-2H3. The van der Waals surface area contributed by atoms with Gasteiger partial charge in [0, 0.05) is 4.47 Å². The molecule has 0 fully saturated rings. The molecule has 0 aliphatic carbocycles. The Hall–Kier alpha value is -1.85. The van der Waals surface area contributed by atoms with Crippen LogP contribution in [0.1, 0.15) is 11.1 Å². The number of hydrogen-bond acceptors (Lipinski definition) is 4. The summed E-state index contributed by atoms with van der Waals surface area (Å²) in [6, 6.07) is 7.25. The molecule has 80 valence electrons. The van der Waals surface area contributed by atoms with Crippen molar-refractivity contribution in [1.29, 1.82) is 10.5 Å². The second kappa shape index (κ2) is 5.29. The molecule has 0 atom stereocenters. The maximum absolute atomic E-state index is 8.54. The summed E-state index contributed by atoms with van der Waals surface area (Å²) in [6.07, 6.45) is 0. The smallest absolute Gasteiger partial charge is 0.237 e. The second-order valence-electron chi connectivity index (χ2n) is 3.21. The van der Waals surface area contributed by atoms with Crippen LogP contribution in [0.2, 0.25) is 0 Å². The van der Waals surface area contributed by atoms with Crippen LogP contribution in [0.5, 0.6) is 0 Å². The molecule has 0 saturated heterocycles. The summed E-state index contributed by atoms with van der Waals surface area (Å²) in [5, 5.41) is 20.8. The number of benzene rings is 1. The molecule has 0 amide bonds. The first-order chi connectivity index (χ1) is 7.58. The van der Waals surface area contributed by atoms with E-state index in [0.29, 0.717) is 0 Å². The number of nitriles is 2. The zero-order valence-corrected chi connectivity index (χ0v) is 10.5. The van der Waals surface area contributed by atoms with Gasteiger partial charge in [-0.1, -0.05) is 15.9 Å². The molecule has 0 saturated carbocycles. The molecule has 0 unspecified atom stereocenters. The maximum Gasteiger partial charge on any atom is 0.237 e. The van der Waals surface area contributed by atoms with E-state index in [4.69, 9.17) is 10.5 Å². The zero-order valence-electron chi connectivity index (χ0n) is 8.87. The first-order valence-electron chi connectivity index (χ1n) is 4.49. The van der Waals surface area contributed by atoms with Crippen LogP contribution in [0.25, 0.3) is 0 Å². The van der Waals surface area contributed by atoms with E-state index in [1.807, 2.05) is 26.0 Å². The largest absolute Gasteiger partial charge is 0.276 e. The predicted molar refractivity (Wildman–Crippen MR) is 65.9 cm³/mol. The van der Waals surface area contributed by atoms with E-state index in [-0.39, 0.29) is 5.71 Å². The van der Waals surface area contributed by atoms with Crippen LogP contribution < -0.4 is 5.43 Å². The molecule has 0 aliphatic heterocycles. The number of anilines is 1. The lowest BCUT2D eigenvalue weighted by Crippen LogP contribution is -1.99. The molecule has 5 heteroatoms. The SMILES string of the molecule is Cc1cc(Br)cc(C)c1NN=C(C#N)C#N. The van der Waals surface area contributed by atoms with Gasteiger partial charge in [-0.2, -0.15) is 15.6 Å². The van der Waals surface area contributed by atoms with Crippen molar-refractivity contribution >= 4 is 27.3 Å². The number of nitrogens with one attached hydrogen (secondary N) is 1. The summed E-state index contributed by atoms with van der Waals surface area (Å²) in [5.74, 6) is 0. The summed E-state index contributed by atoms with van der Waals surface area (Å²) in [6.45, 7) is 3.85. The number of halogens is 1. The minimum Gasteiger partial charge on any atom is -0.276 e. The third-order valence-electron chi connectivity index (χ3n) is 1.99. The van der Waals surface area contributed by atoms with E-state index in [9.17, 15) is 0 Å². The lowest BCUT2D eigenvalue weighted by atomic mass is 10.1. The van der Waals surface area contributed by atoms with Crippen molar-refractivity contribution in [2.24, 2.45) is 5.10 Å². The van der Waals surface area contributed by atoms with Crippen molar-refractivity contribution in [2.75, 3.05) is 5.43 Å². The predicted octanol–water partition coefficient (Wildman–Crippen LogP) is 2.88. The van der Waals surface area contributed by atoms with E-state index >= 15 is 0 Å². The second-order valence-corrected chi connectivity index (χ2v) is 4.13. The fourth-order valence-electron chi connectivity index (χ4n) is 1.27. The lowest BCUT2D eigenvalue weighted by Gasteiger charge is -2.09. The van der Waals surface area contributed by atoms with E-state index in [2.05, 4.69) is 26.5 Å². The van der Waals surface area contributed by atoms with Crippen LogP contribution in [0.15, 0.2) is 21.7 Å². The molecule has 1 rings (SSSR count). The summed E-state index contributed by atoms with van der Waals surface area (Å²) >= 11 is 3.39. The minimum absolute atomic E-state index is 0.193. The van der Waals surface area contributed by atoms with Crippen LogP contribution in [-0.4, -0.2) is 5.71 Å². The van der Waals surface area contributed by atoms with Gasteiger partial charge in [0.2, 0.25) is 5.71 Å². The summed E-state index contributed by atoms with van der Waals surface area (Å²) in [5.41, 5.74) is 5.33. The van der Waals surface area contributed by atoms with Crippen molar-refractivity contribution in [3.05, 3.63) is 27.7 Å². The number of nitrogens with zero attached hydrogens (tertiary/aromatic N) is 3. The van der Waals surface area contributed by atoms with Gasteiger partial charge in [0.1, 0.15) is 12.1 Å². The number of hydrogen-bond donors (Lipinski definition) is 1. The highest BCUT2D eigenvalue weighted by atomic mass is 79.9. The Morgan fingerprint density at radius 1 is 1.25 bits per heavy atom. The van der Waals surface area contributed by atoms with Gasteiger partial charge in [-0.25, -0.2) is 0 Å². The van der Waals surface area contributed by atoms with Crippen LogP contribution in [0.4, 0.5) is 5.69 Å². The normalized spacial score (nSPS) is 8.81. The highest BCUT2D eigenvalue weighted by Gasteiger charge is 2.03. The van der Waals surface area contributed by atoms with E-state index in [1.54, 1.807) is 12.1 Å². The minimum atomic E-state index is -0.193. The van der Waals surface area contributed by atoms with E-state index in [0.717, 1.165) is 21.3 Å². The third kappa shape index (κ3) is 2.82. The van der Waals surface area contributed by atoms with Crippen molar-refractivity contribution in [1.82, 2.24) is 0 Å². The maximum atomic E-state index is 8.54. The average Bonchev–Trinajstić information content (AvgIpc) is 2.22. The van der Waals surface area contributed by atoms with Crippen LogP contribution in [0.3, 0.4) is 0 Å². The Bertz CT molecular complexity index is 481. The van der Waals surface area contributed by atoms with Gasteiger partial charge in [-0.3, -0.25) is 5.43 Å². The Kier molecular flexibility index (Phi) is 4.04. The number of aryl methyl sites for hydroxylation is 2. The molecule has 0 aromatic heterocycles. The number of rotatable bonds is 2. The Balaban J connectivity index is 3.05. The quantitative estimate of drug-likeness (QED) is 0.667. The first kappa shape index (κ1) is 12.2. The average molecular weight is 277 g/mol. The van der Waals surface area contributed by atoms with E-state index in [1.165, 1.54) is 0 Å². The molecule has 0 aliphatic rings. The number of hydrazone groups is 1. The van der Waals surface area contributed by atoms with Gasteiger partial charge < -0.3 is 0 Å². The van der Waals surface area contributed by atoms with Crippen molar-refractivity contribution in [3.8, 4) is 12.1 Å². The molecule has 0 spiro atoms. The van der Waals surface area contributed by atoms with Crippen LogP contribution >= 0.6 is 15.9 Å². The van der Waals surface area contributed by atoms with Gasteiger partial charge in [0.05, 0.1) is 5.69 Å². The monoisotopic (exact) mass is 276 g/mol.